The van der Waals surface area contributed by atoms with Crippen LogP contribution in [0.2, 0.25) is 5.02 Å². The third-order valence-electron chi connectivity index (χ3n) is 2.42. The molecule has 0 saturated carbocycles. The van der Waals surface area contributed by atoms with Crippen LogP contribution in [-0.2, 0) is 0 Å². The molecule has 0 N–H and O–H groups in total. The summed E-state index contributed by atoms with van der Waals surface area (Å²) in [5.74, 6) is -0.812. The van der Waals surface area contributed by atoms with Gasteiger partial charge in [-0.1, -0.05) is 29.8 Å². The molecular weight excluding hydrogens is 230 g/mol. The Bertz CT molecular complexity index is 515. The summed E-state index contributed by atoms with van der Waals surface area (Å²) in [6.45, 7) is 1.65. The number of aryl methyl sites for hydroxylation is 1. The summed E-state index contributed by atoms with van der Waals surface area (Å²) < 4.78 is 26.9. The van der Waals surface area contributed by atoms with Gasteiger partial charge in [0.05, 0.1) is 5.02 Å². The van der Waals surface area contributed by atoms with Crippen molar-refractivity contribution in [1.29, 1.82) is 0 Å². The van der Waals surface area contributed by atoms with Crippen LogP contribution in [0.3, 0.4) is 0 Å². The lowest BCUT2D eigenvalue weighted by atomic mass is 10.0. The largest absolute Gasteiger partial charge is 0.207 e. The van der Waals surface area contributed by atoms with Crippen LogP contribution in [0, 0.1) is 18.6 Å². The van der Waals surface area contributed by atoms with Crippen molar-refractivity contribution in [2.45, 2.75) is 6.92 Å². The number of hydrogen-bond acceptors (Lipinski definition) is 0. The second-order valence-electron chi connectivity index (χ2n) is 3.56. The van der Waals surface area contributed by atoms with E-state index in [1.165, 1.54) is 18.2 Å². The second-order valence-corrected chi connectivity index (χ2v) is 3.97. The molecule has 0 atom stereocenters. The summed E-state index contributed by atoms with van der Waals surface area (Å²) in [4.78, 5) is 0. The van der Waals surface area contributed by atoms with E-state index >= 15 is 0 Å². The quantitative estimate of drug-likeness (QED) is 0.682. The van der Waals surface area contributed by atoms with Gasteiger partial charge in [-0.2, -0.15) is 0 Å². The molecule has 2 aromatic carbocycles. The first-order chi connectivity index (χ1) is 7.59. The first-order valence-corrected chi connectivity index (χ1v) is 5.18. The van der Waals surface area contributed by atoms with E-state index in [9.17, 15) is 8.78 Å². The summed E-state index contributed by atoms with van der Waals surface area (Å²) in [6, 6.07) is 8.96. The van der Waals surface area contributed by atoms with Crippen molar-refractivity contribution in [1.82, 2.24) is 0 Å². The fraction of sp³-hybridized carbons (Fsp3) is 0.0769. The zero-order chi connectivity index (χ0) is 11.7. The van der Waals surface area contributed by atoms with Crippen molar-refractivity contribution >= 4 is 11.6 Å². The van der Waals surface area contributed by atoms with Crippen LogP contribution in [0.4, 0.5) is 8.78 Å². The third-order valence-corrected chi connectivity index (χ3v) is 2.74. The molecule has 0 aromatic heterocycles. The molecule has 0 saturated heterocycles. The third kappa shape index (κ3) is 1.93. The number of hydrogen-bond donors (Lipinski definition) is 0. The summed E-state index contributed by atoms with van der Waals surface area (Å²) in [6.07, 6.45) is 0. The van der Waals surface area contributed by atoms with Gasteiger partial charge in [0.1, 0.15) is 11.6 Å². The fourth-order valence-corrected chi connectivity index (χ4v) is 1.79. The number of halogens is 3. The lowest BCUT2D eigenvalue weighted by Gasteiger charge is -2.07. The van der Waals surface area contributed by atoms with Crippen LogP contribution in [-0.4, -0.2) is 0 Å². The summed E-state index contributed by atoms with van der Waals surface area (Å²) in [5, 5.41) is 0.281. The predicted octanol–water partition coefficient (Wildman–Crippen LogP) is 4.59. The maximum absolute atomic E-state index is 13.6. The minimum atomic E-state index is -0.448. The van der Waals surface area contributed by atoms with Gasteiger partial charge < -0.3 is 0 Å². The second kappa shape index (κ2) is 4.22. The lowest BCUT2D eigenvalue weighted by molar-refractivity contribution is 0.617. The minimum Gasteiger partial charge on any atom is -0.207 e. The van der Waals surface area contributed by atoms with Gasteiger partial charge in [-0.25, -0.2) is 8.78 Å². The zero-order valence-electron chi connectivity index (χ0n) is 8.60. The highest BCUT2D eigenvalue weighted by Crippen LogP contribution is 2.31. The van der Waals surface area contributed by atoms with Gasteiger partial charge in [-0.3, -0.25) is 0 Å². The molecule has 3 heteroatoms. The van der Waals surface area contributed by atoms with E-state index in [0.717, 1.165) is 0 Å². The van der Waals surface area contributed by atoms with Crippen LogP contribution >= 0.6 is 11.6 Å². The van der Waals surface area contributed by atoms with E-state index in [1.54, 1.807) is 25.1 Å². The molecule has 0 fully saturated rings. The maximum atomic E-state index is 13.6. The molecule has 0 heterocycles. The monoisotopic (exact) mass is 238 g/mol. The molecule has 16 heavy (non-hydrogen) atoms. The molecule has 2 aromatic rings. The fourth-order valence-electron chi connectivity index (χ4n) is 1.52. The van der Waals surface area contributed by atoms with Crippen LogP contribution in [0.1, 0.15) is 5.56 Å². The Morgan fingerprint density at radius 2 is 1.75 bits per heavy atom. The van der Waals surface area contributed by atoms with Gasteiger partial charge in [0.25, 0.3) is 0 Å². The van der Waals surface area contributed by atoms with Gasteiger partial charge in [0.2, 0.25) is 0 Å². The normalized spacial score (nSPS) is 10.5. The Kier molecular flexibility index (Phi) is 2.92. The van der Waals surface area contributed by atoms with Crippen molar-refractivity contribution in [2.75, 3.05) is 0 Å². The van der Waals surface area contributed by atoms with Crippen molar-refractivity contribution in [3.63, 3.8) is 0 Å². The van der Waals surface area contributed by atoms with Crippen LogP contribution in [0.5, 0.6) is 0 Å². The number of benzene rings is 2. The van der Waals surface area contributed by atoms with Crippen LogP contribution in [0.25, 0.3) is 11.1 Å². The van der Waals surface area contributed by atoms with Gasteiger partial charge in [-0.15, -0.1) is 0 Å². The van der Waals surface area contributed by atoms with Crippen molar-refractivity contribution in [3.8, 4) is 11.1 Å². The number of rotatable bonds is 1. The highest BCUT2D eigenvalue weighted by molar-refractivity contribution is 6.33. The molecule has 0 unspecified atom stereocenters. The van der Waals surface area contributed by atoms with Gasteiger partial charge in [0, 0.05) is 5.56 Å². The van der Waals surface area contributed by atoms with Crippen LogP contribution in [0.15, 0.2) is 36.4 Å². The molecule has 0 amide bonds. The lowest BCUT2D eigenvalue weighted by Crippen LogP contribution is -1.88. The minimum absolute atomic E-state index is 0.239. The predicted molar refractivity (Wildman–Crippen MR) is 61.5 cm³/mol. The molecule has 82 valence electrons. The van der Waals surface area contributed by atoms with E-state index in [0.29, 0.717) is 11.1 Å². The molecule has 0 nitrogen and oxygen atoms in total. The van der Waals surface area contributed by atoms with E-state index in [-0.39, 0.29) is 16.4 Å². The molecule has 0 bridgehead atoms. The topological polar surface area (TPSA) is 0 Å². The first-order valence-electron chi connectivity index (χ1n) is 4.80. The summed E-state index contributed by atoms with van der Waals surface area (Å²) >= 11 is 5.89. The average Bonchev–Trinajstić information content (AvgIpc) is 2.23. The Labute approximate surface area is 97.5 Å². The Morgan fingerprint density at radius 1 is 1.00 bits per heavy atom. The van der Waals surface area contributed by atoms with E-state index in [2.05, 4.69) is 0 Å². The highest BCUT2D eigenvalue weighted by atomic mass is 35.5. The molecule has 0 aliphatic heterocycles. The maximum Gasteiger partial charge on any atom is 0.132 e. The summed E-state index contributed by atoms with van der Waals surface area (Å²) in [7, 11) is 0. The van der Waals surface area contributed by atoms with Gasteiger partial charge in [0.15, 0.2) is 0 Å². The molecule has 0 aliphatic carbocycles. The molecule has 0 spiro atoms. The van der Waals surface area contributed by atoms with Crippen molar-refractivity contribution < 1.29 is 8.78 Å². The first kappa shape index (κ1) is 11.1. The molecule has 2 rings (SSSR count). The Morgan fingerprint density at radius 3 is 2.38 bits per heavy atom. The van der Waals surface area contributed by atoms with E-state index in [4.69, 9.17) is 11.6 Å². The standard InChI is InChI=1S/C13H9ClF2/c1-8-5-6-9(7-12(8)16)13-10(14)3-2-4-11(13)15/h2-7H,1H3. The van der Waals surface area contributed by atoms with Crippen LogP contribution < -0.4 is 0 Å². The van der Waals surface area contributed by atoms with Crippen molar-refractivity contribution in [2.24, 2.45) is 0 Å². The Hall–Kier alpha value is -1.41. The zero-order valence-corrected chi connectivity index (χ0v) is 9.35. The summed E-state index contributed by atoms with van der Waals surface area (Å²) in [5.41, 5.74) is 1.21. The molecular formula is C13H9ClF2. The average molecular weight is 239 g/mol. The highest BCUT2D eigenvalue weighted by Gasteiger charge is 2.10. The van der Waals surface area contributed by atoms with E-state index < -0.39 is 5.82 Å². The van der Waals surface area contributed by atoms with Gasteiger partial charge >= 0.3 is 0 Å². The van der Waals surface area contributed by atoms with Gasteiger partial charge in [-0.05, 0) is 36.2 Å². The smallest absolute Gasteiger partial charge is 0.132 e. The molecule has 0 radical (unpaired) electrons. The Balaban J connectivity index is 2.63. The SMILES string of the molecule is Cc1ccc(-c2c(F)cccc2Cl)cc1F. The van der Waals surface area contributed by atoms with E-state index in [1.807, 2.05) is 0 Å². The molecule has 0 aliphatic rings. The van der Waals surface area contributed by atoms with Crippen molar-refractivity contribution in [3.05, 3.63) is 58.6 Å².